The fourth-order valence-corrected chi connectivity index (χ4v) is 3.92. The van der Waals surface area contributed by atoms with E-state index in [9.17, 15) is 23.1 Å². The van der Waals surface area contributed by atoms with E-state index >= 15 is 0 Å². The Labute approximate surface area is 179 Å². The van der Waals surface area contributed by atoms with Gasteiger partial charge in [-0.2, -0.15) is 13.2 Å². The summed E-state index contributed by atoms with van der Waals surface area (Å²) in [5.41, 5.74) is 0.0814. The molecule has 12 heteroatoms. The van der Waals surface area contributed by atoms with Crippen LogP contribution in [0.5, 0.6) is 0 Å². The van der Waals surface area contributed by atoms with Gasteiger partial charge in [-0.1, -0.05) is 0 Å². The van der Waals surface area contributed by atoms with Crippen molar-refractivity contribution in [2.75, 3.05) is 28.2 Å². The Morgan fingerprint density at radius 3 is 2.75 bits per heavy atom. The van der Waals surface area contributed by atoms with E-state index in [2.05, 4.69) is 25.3 Å². The molecule has 2 aliphatic rings. The van der Waals surface area contributed by atoms with E-state index in [0.29, 0.717) is 18.8 Å². The predicted molar refractivity (Wildman–Crippen MR) is 108 cm³/mol. The number of aliphatic hydroxyl groups excluding tert-OH is 1. The molecule has 164 valence electrons. The van der Waals surface area contributed by atoms with Crippen LogP contribution in [-0.2, 0) is 6.18 Å². The fourth-order valence-electron chi connectivity index (χ4n) is 3.92. The zero-order valence-electron chi connectivity index (χ0n) is 16.4. The molecule has 3 aromatic rings. The first-order valence-electron chi connectivity index (χ1n) is 9.64. The minimum Gasteiger partial charge on any atom is -0.389 e. The molecule has 0 aromatic carbocycles. The molecule has 2 N–H and O–H groups in total. The van der Waals surface area contributed by atoms with Crippen LogP contribution in [0, 0.1) is 0 Å². The maximum absolute atomic E-state index is 13.1. The van der Waals surface area contributed by atoms with Crippen LogP contribution >= 0.6 is 0 Å². The van der Waals surface area contributed by atoms with Crippen molar-refractivity contribution < 1.29 is 23.1 Å². The van der Waals surface area contributed by atoms with Gasteiger partial charge in [-0.25, -0.2) is 19.7 Å². The number of urea groups is 1. The number of carbonyl (C=O) groups excluding carboxylic acids is 1. The van der Waals surface area contributed by atoms with Crippen molar-refractivity contribution in [2.24, 2.45) is 0 Å². The smallest absolute Gasteiger partial charge is 0.389 e. The molecule has 5 rings (SSSR count). The van der Waals surface area contributed by atoms with E-state index in [1.54, 1.807) is 12.1 Å². The third kappa shape index (κ3) is 3.47. The van der Waals surface area contributed by atoms with E-state index in [4.69, 9.17) is 0 Å². The summed E-state index contributed by atoms with van der Waals surface area (Å²) in [6.07, 6.45) is -0.596. The van der Waals surface area contributed by atoms with Crippen LogP contribution in [0.4, 0.5) is 35.3 Å². The topological polar surface area (TPSA) is 107 Å². The molecule has 1 saturated heterocycles. The fraction of sp³-hybridized carbons (Fsp3) is 0.250. The summed E-state index contributed by atoms with van der Waals surface area (Å²) in [4.78, 5) is 32.3. The SMILES string of the molecule is O=C(Nc1ccncn1)N1c2nc(-c3cncc(C(F)(F)F)c3)ccc2N2C[C@@H](O)[C@H]1C2. The van der Waals surface area contributed by atoms with Crippen molar-refractivity contribution >= 4 is 23.4 Å². The van der Waals surface area contributed by atoms with Gasteiger partial charge in [0.15, 0.2) is 5.82 Å². The Morgan fingerprint density at radius 2 is 2.00 bits per heavy atom. The lowest BCUT2D eigenvalue weighted by molar-refractivity contribution is -0.137. The molecule has 0 spiro atoms. The number of carbonyl (C=O) groups is 1. The van der Waals surface area contributed by atoms with E-state index in [1.165, 1.54) is 29.7 Å². The number of aromatic nitrogens is 4. The number of fused-ring (bicyclic) bond motifs is 4. The molecule has 0 unspecified atom stereocenters. The van der Waals surface area contributed by atoms with E-state index < -0.39 is 29.9 Å². The van der Waals surface area contributed by atoms with E-state index in [1.807, 2.05) is 4.90 Å². The summed E-state index contributed by atoms with van der Waals surface area (Å²) in [6.45, 7) is 0.707. The van der Waals surface area contributed by atoms with Gasteiger partial charge in [-0.15, -0.1) is 0 Å². The van der Waals surface area contributed by atoms with Crippen LogP contribution in [0.25, 0.3) is 11.3 Å². The Kier molecular flexibility index (Phi) is 4.66. The van der Waals surface area contributed by atoms with Gasteiger partial charge in [0.1, 0.15) is 12.1 Å². The highest BCUT2D eigenvalue weighted by Gasteiger charge is 2.45. The van der Waals surface area contributed by atoms with Gasteiger partial charge in [-0.05, 0) is 24.3 Å². The number of pyridine rings is 2. The second kappa shape index (κ2) is 7.41. The number of aliphatic hydroxyl groups is 1. The normalized spacial score (nSPS) is 19.6. The zero-order valence-corrected chi connectivity index (χ0v) is 16.4. The number of amides is 2. The van der Waals surface area contributed by atoms with Crippen LogP contribution in [0.3, 0.4) is 0 Å². The third-order valence-electron chi connectivity index (χ3n) is 5.41. The molecule has 3 aromatic heterocycles. The quantitative estimate of drug-likeness (QED) is 0.627. The standard InChI is InChI=1S/C20H16F3N7O2/c21-20(22,23)12-5-11(6-25-7-12)13-1-2-14-18(27-13)30(15-8-29(14)9-16(15)31)19(32)28-17-3-4-24-10-26-17/h1-7,10,15-16,31H,8-9H2,(H,24,26,28,32)/t15-,16-/m1/s1. The third-order valence-corrected chi connectivity index (χ3v) is 5.41. The van der Waals surface area contributed by atoms with Gasteiger partial charge < -0.3 is 10.0 Å². The number of anilines is 3. The average molecular weight is 443 g/mol. The molecule has 2 atom stereocenters. The molecular weight excluding hydrogens is 427 g/mol. The first kappa shape index (κ1) is 20.1. The van der Waals surface area contributed by atoms with Gasteiger partial charge in [0.05, 0.1) is 29.1 Å². The number of nitrogens with one attached hydrogen (secondary N) is 1. The van der Waals surface area contributed by atoms with Crippen LogP contribution in [0.2, 0.25) is 0 Å². The summed E-state index contributed by atoms with van der Waals surface area (Å²) < 4.78 is 39.4. The number of rotatable bonds is 2. The van der Waals surface area contributed by atoms with Crippen molar-refractivity contribution in [3.63, 3.8) is 0 Å². The number of nitrogens with zero attached hydrogens (tertiary/aromatic N) is 6. The van der Waals surface area contributed by atoms with Crippen LogP contribution in [-0.4, -0.2) is 56.3 Å². The highest BCUT2D eigenvalue weighted by molar-refractivity contribution is 6.04. The van der Waals surface area contributed by atoms with Gasteiger partial charge in [-0.3, -0.25) is 15.2 Å². The molecule has 1 fully saturated rings. The minimum absolute atomic E-state index is 0.159. The maximum Gasteiger partial charge on any atom is 0.417 e. The zero-order chi connectivity index (χ0) is 22.5. The summed E-state index contributed by atoms with van der Waals surface area (Å²) >= 11 is 0. The van der Waals surface area contributed by atoms with Crippen molar-refractivity contribution in [1.82, 2.24) is 19.9 Å². The largest absolute Gasteiger partial charge is 0.417 e. The summed E-state index contributed by atoms with van der Waals surface area (Å²) in [6, 6.07) is 4.57. The number of alkyl halides is 3. The Morgan fingerprint density at radius 1 is 1.16 bits per heavy atom. The maximum atomic E-state index is 13.1. The highest BCUT2D eigenvalue weighted by atomic mass is 19.4. The summed E-state index contributed by atoms with van der Waals surface area (Å²) in [5.74, 6) is 0.499. The Balaban J connectivity index is 1.56. The first-order valence-corrected chi connectivity index (χ1v) is 9.64. The molecule has 0 aliphatic carbocycles. The van der Waals surface area contributed by atoms with Gasteiger partial charge in [0.25, 0.3) is 0 Å². The van der Waals surface area contributed by atoms with Crippen molar-refractivity contribution in [3.05, 3.63) is 54.7 Å². The lowest BCUT2D eigenvalue weighted by atomic mass is 10.1. The van der Waals surface area contributed by atoms with Crippen molar-refractivity contribution in [3.8, 4) is 11.3 Å². The van der Waals surface area contributed by atoms with Crippen LogP contribution in [0.15, 0.2) is 49.2 Å². The van der Waals surface area contributed by atoms with Crippen LogP contribution in [0.1, 0.15) is 5.56 Å². The molecule has 32 heavy (non-hydrogen) atoms. The van der Waals surface area contributed by atoms with E-state index in [-0.39, 0.29) is 22.9 Å². The van der Waals surface area contributed by atoms with Crippen LogP contribution < -0.4 is 15.1 Å². The van der Waals surface area contributed by atoms with Gasteiger partial charge in [0, 0.05) is 37.2 Å². The van der Waals surface area contributed by atoms with Gasteiger partial charge in [0.2, 0.25) is 0 Å². The molecule has 2 amide bonds. The summed E-state index contributed by atoms with van der Waals surface area (Å²) in [5, 5.41) is 13.2. The molecular formula is C20H16F3N7O2. The molecule has 2 aliphatic heterocycles. The minimum atomic E-state index is -4.55. The average Bonchev–Trinajstić information content (AvgIpc) is 3.10. The Bertz CT molecular complexity index is 1180. The monoisotopic (exact) mass is 443 g/mol. The number of hydrogen-bond donors (Lipinski definition) is 2. The molecule has 5 heterocycles. The van der Waals surface area contributed by atoms with Gasteiger partial charge >= 0.3 is 12.2 Å². The second-order valence-corrected chi connectivity index (χ2v) is 7.43. The number of hydrogen-bond acceptors (Lipinski definition) is 7. The summed E-state index contributed by atoms with van der Waals surface area (Å²) in [7, 11) is 0. The Hall–Kier alpha value is -3.80. The lowest BCUT2D eigenvalue weighted by Gasteiger charge is -2.36. The van der Waals surface area contributed by atoms with Crippen molar-refractivity contribution in [2.45, 2.75) is 18.3 Å². The van der Waals surface area contributed by atoms with Crippen molar-refractivity contribution in [1.29, 1.82) is 0 Å². The number of halogens is 3. The predicted octanol–water partition coefficient (Wildman–Crippen LogP) is 2.55. The molecule has 2 bridgehead atoms. The second-order valence-electron chi connectivity index (χ2n) is 7.43. The molecule has 0 radical (unpaired) electrons. The highest BCUT2D eigenvalue weighted by Crippen LogP contribution is 2.41. The lowest BCUT2D eigenvalue weighted by Crippen LogP contribution is -2.51. The van der Waals surface area contributed by atoms with E-state index in [0.717, 1.165) is 12.3 Å². The molecule has 0 saturated carbocycles. The first-order chi connectivity index (χ1) is 15.3. The molecule has 9 nitrogen and oxygen atoms in total.